The Morgan fingerprint density at radius 1 is 1.10 bits per heavy atom. The second kappa shape index (κ2) is 7.59. The summed E-state index contributed by atoms with van der Waals surface area (Å²) >= 11 is 0. The fourth-order valence-corrected chi connectivity index (χ4v) is 2.20. The highest BCUT2D eigenvalue weighted by atomic mass is 16.6. The summed E-state index contributed by atoms with van der Waals surface area (Å²) in [6.45, 7) is 9.86. The first-order valence-corrected chi connectivity index (χ1v) is 7.14. The average molecular weight is 286 g/mol. The highest BCUT2D eigenvalue weighted by Gasteiger charge is 2.19. The van der Waals surface area contributed by atoms with E-state index in [1.54, 1.807) is 0 Å². The second-order valence-electron chi connectivity index (χ2n) is 6.20. The molecule has 20 heavy (non-hydrogen) atoms. The summed E-state index contributed by atoms with van der Waals surface area (Å²) in [6, 6.07) is 0. The maximum Gasteiger partial charge on any atom is 0.317 e. The van der Waals surface area contributed by atoms with Crippen LogP contribution in [0.25, 0.3) is 0 Å². The van der Waals surface area contributed by atoms with Crippen LogP contribution < -0.4 is 0 Å². The van der Waals surface area contributed by atoms with Gasteiger partial charge in [-0.2, -0.15) is 0 Å². The standard InChI is InChI=1S/C14H26N2O4/c1-14(2,3)20-13(19)5-4-6-15-7-9-16(10-8-15)11-12(17)18/h4-11H2,1-3H3,(H,17,18). The summed E-state index contributed by atoms with van der Waals surface area (Å²) < 4.78 is 5.26. The third-order valence-corrected chi connectivity index (χ3v) is 3.10. The van der Waals surface area contributed by atoms with Crippen LogP contribution in [0.5, 0.6) is 0 Å². The van der Waals surface area contributed by atoms with Gasteiger partial charge in [0.05, 0.1) is 6.54 Å². The van der Waals surface area contributed by atoms with Gasteiger partial charge in [0.2, 0.25) is 0 Å². The quantitative estimate of drug-likeness (QED) is 0.729. The van der Waals surface area contributed by atoms with Crippen molar-refractivity contribution in [2.24, 2.45) is 0 Å². The Morgan fingerprint density at radius 2 is 1.65 bits per heavy atom. The van der Waals surface area contributed by atoms with Crippen LogP contribution >= 0.6 is 0 Å². The maximum atomic E-state index is 11.6. The molecule has 0 atom stereocenters. The van der Waals surface area contributed by atoms with Crippen LogP contribution in [0.4, 0.5) is 0 Å². The smallest absolute Gasteiger partial charge is 0.317 e. The number of carboxylic acids is 1. The molecule has 0 unspecified atom stereocenters. The zero-order valence-electron chi connectivity index (χ0n) is 12.7. The molecule has 6 heteroatoms. The van der Waals surface area contributed by atoms with E-state index in [1.807, 2.05) is 25.7 Å². The van der Waals surface area contributed by atoms with Crippen LogP contribution in [0.15, 0.2) is 0 Å². The molecule has 1 aliphatic rings. The van der Waals surface area contributed by atoms with Crippen molar-refractivity contribution in [1.82, 2.24) is 9.80 Å². The fraction of sp³-hybridized carbons (Fsp3) is 0.857. The van der Waals surface area contributed by atoms with Gasteiger partial charge in [-0.15, -0.1) is 0 Å². The summed E-state index contributed by atoms with van der Waals surface area (Å²) in [7, 11) is 0. The van der Waals surface area contributed by atoms with E-state index in [9.17, 15) is 9.59 Å². The van der Waals surface area contributed by atoms with E-state index in [1.165, 1.54) is 0 Å². The van der Waals surface area contributed by atoms with Crippen LogP contribution in [0, 0.1) is 0 Å². The maximum absolute atomic E-state index is 11.6. The van der Waals surface area contributed by atoms with Crippen LogP contribution in [-0.4, -0.2) is 71.7 Å². The SMILES string of the molecule is CC(C)(C)OC(=O)CCCN1CCN(CC(=O)O)CC1. The van der Waals surface area contributed by atoms with Gasteiger partial charge in [0.15, 0.2) is 0 Å². The first kappa shape index (κ1) is 16.9. The molecule has 0 radical (unpaired) electrons. The molecule has 0 aliphatic carbocycles. The topological polar surface area (TPSA) is 70.1 Å². The molecule has 1 heterocycles. The third-order valence-electron chi connectivity index (χ3n) is 3.10. The molecule has 0 bridgehead atoms. The molecule has 1 rings (SSSR count). The second-order valence-corrected chi connectivity index (χ2v) is 6.20. The monoisotopic (exact) mass is 286 g/mol. The van der Waals surface area contributed by atoms with Gasteiger partial charge in [-0.05, 0) is 33.7 Å². The van der Waals surface area contributed by atoms with E-state index in [-0.39, 0.29) is 12.5 Å². The lowest BCUT2D eigenvalue weighted by Crippen LogP contribution is -2.48. The molecule has 0 aromatic carbocycles. The van der Waals surface area contributed by atoms with E-state index < -0.39 is 11.6 Å². The Labute approximate surface area is 120 Å². The van der Waals surface area contributed by atoms with E-state index in [2.05, 4.69) is 4.90 Å². The largest absolute Gasteiger partial charge is 0.480 e. The number of esters is 1. The summed E-state index contributed by atoms with van der Waals surface area (Å²) in [5.41, 5.74) is -0.417. The molecule has 0 aromatic heterocycles. The van der Waals surface area contributed by atoms with Crippen molar-refractivity contribution in [3.63, 3.8) is 0 Å². The van der Waals surface area contributed by atoms with Crippen molar-refractivity contribution in [2.45, 2.75) is 39.2 Å². The normalized spacial score (nSPS) is 17.9. The molecule has 6 nitrogen and oxygen atoms in total. The predicted octanol–water partition coefficient (Wildman–Crippen LogP) is 0.811. The van der Waals surface area contributed by atoms with Crippen LogP contribution in [0.3, 0.4) is 0 Å². The molecule has 1 aliphatic heterocycles. The minimum atomic E-state index is -0.775. The van der Waals surface area contributed by atoms with Crippen molar-refractivity contribution in [2.75, 3.05) is 39.3 Å². The third kappa shape index (κ3) is 7.45. The van der Waals surface area contributed by atoms with E-state index in [0.717, 1.165) is 39.1 Å². The number of ether oxygens (including phenoxy) is 1. The van der Waals surface area contributed by atoms with Crippen molar-refractivity contribution >= 4 is 11.9 Å². The summed E-state index contributed by atoms with van der Waals surface area (Å²) in [4.78, 5) is 26.4. The van der Waals surface area contributed by atoms with Gasteiger partial charge in [-0.25, -0.2) is 0 Å². The first-order valence-electron chi connectivity index (χ1n) is 7.14. The van der Waals surface area contributed by atoms with E-state index in [4.69, 9.17) is 9.84 Å². The molecular weight excluding hydrogens is 260 g/mol. The lowest BCUT2D eigenvalue weighted by Gasteiger charge is -2.33. The molecular formula is C14H26N2O4. The van der Waals surface area contributed by atoms with Gasteiger partial charge >= 0.3 is 11.9 Å². The number of hydrogen-bond donors (Lipinski definition) is 1. The number of carboxylic acid groups (broad SMARTS) is 1. The number of aliphatic carboxylic acids is 1. The first-order chi connectivity index (χ1) is 9.26. The van der Waals surface area contributed by atoms with E-state index in [0.29, 0.717) is 6.42 Å². The number of piperazine rings is 1. The zero-order valence-corrected chi connectivity index (χ0v) is 12.7. The molecule has 0 saturated carbocycles. The lowest BCUT2D eigenvalue weighted by molar-refractivity contribution is -0.155. The Hall–Kier alpha value is -1.14. The Bertz CT molecular complexity index is 331. The number of carbonyl (C=O) groups excluding carboxylic acids is 1. The van der Waals surface area contributed by atoms with Gasteiger partial charge in [-0.3, -0.25) is 14.5 Å². The number of nitrogens with zero attached hydrogens (tertiary/aromatic N) is 2. The Kier molecular flexibility index (Phi) is 6.42. The van der Waals surface area contributed by atoms with Crippen molar-refractivity contribution in [3.8, 4) is 0 Å². The highest BCUT2D eigenvalue weighted by molar-refractivity contribution is 5.69. The Balaban J connectivity index is 2.12. The van der Waals surface area contributed by atoms with Gasteiger partial charge in [0, 0.05) is 32.6 Å². The van der Waals surface area contributed by atoms with E-state index >= 15 is 0 Å². The lowest BCUT2D eigenvalue weighted by atomic mass is 10.2. The van der Waals surface area contributed by atoms with Gasteiger partial charge < -0.3 is 14.7 Å². The summed E-state index contributed by atoms with van der Waals surface area (Å²) in [5, 5.41) is 8.72. The van der Waals surface area contributed by atoms with Gasteiger partial charge in [-0.1, -0.05) is 0 Å². The van der Waals surface area contributed by atoms with Crippen LogP contribution in [0.2, 0.25) is 0 Å². The molecule has 1 fully saturated rings. The van der Waals surface area contributed by atoms with Crippen molar-refractivity contribution in [3.05, 3.63) is 0 Å². The minimum Gasteiger partial charge on any atom is -0.480 e. The highest BCUT2D eigenvalue weighted by Crippen LogP contribution is 2.10. The average Bonchev–Trinajstić information content (AvgIpc) is 2.28. The van der Waals surface area contributed by atoms with Gasteiger partial charge in [0.1, 0.15) is 5.60 Å². The number of rotatable bonds is 6. The molecule has 0 aromatic rings. The zero-order chi connectivity index (χ0) is 15.2. The summed E-state index contributed by atoms with van der Waals surface area (Å²) in [6.07, 6.45) is 1.22. The molecule has 0 amide bonds. The fourth-order valence-electron chi connectivity index (χ4n) is 2.20. The minimum absolute atomic E-state index is 0.117. The Morgan fingerprint density at radius 3 is 2.15 bits per heavy atom. The number of carbonyl (C=O) groups is 2. The molecule has 1 saturated heterocycles. The molecule has 116 valence electrons. The van der Waals surface area contributed by atoms with Crippen LogP contribution in [0.1, 0.15) is 33.6 Å². The van der Waals surface area contributed by atoms with Crippen molar-refractivity contribution in [1.29, 1.82) is 0 Å². The number of hydrogen-bond acceptors (Lipinski definition) is 5. The summed E-state index contributed by atoms with van der Waals surface area (Å²) in [5.74, 6) is -0.926. The molecule has 0 spiro atoms. The predicted molar refractivity (Wildman–Crippen MR) is 75.6 cm³/mol. The van der Waals surface area contributed by atoms with Gasteiger partial charge in [0.25, 0.3) is 0 Å². The van der Waals surface area contributed by atoms with Crippen LogP contribution in [-0.2, 0) is 14.3 Å². The van der Waals surface area contributed by atoms with Crippen molar-refractivity contribution < 1.29 is 19.4 Å². The molecule has 1 N–H and O–H groups in total.